The van der Waals surface area contributed by atoms with E-state index in [1.165, 1.54) is 0 Å². The largest absolute Gasteiger partial charge is 0.342 e. The van der Waals surface area contributed by atoms with E-state index in [9.17, 15) is 14.4 Å². The van der Waals surface area contributed by atoms with Crippen LogP contribution in [0.15, 0.2) is 0 Å². The van der Waals surface area contributed by atoms with Crippen molar-refractivity contribution in [2.45, 2.75) is 85.9 Å². The van der Waals surface area contributed by atoms with Crippen LogP contribution in [0.25, 0.3) is 0 Å². The second-order valence-electron chi connectivity index (χ2n) is 11.0. The zero-order chi connectivity index (χ0) is 24.0. The highest BCUT2D eigenvalue weighted by Crippen LogP contribution is 2.27. The van der Waals surface area contributed by atoms with Crippen molar-refractivity contribution in [2.75, 3.05) is 33.2 Å². The highest BCUT2D eigenvalue weighted by Gasteiger charge is 2.40. The number of amides is 3. The Hall–Kier alpha value is -1.67. The van der Waals surface area contributed by atoms with E-state index in [0.29, 0.717) is 19.6 Å². The predicted octanol–water partition coefficient (Wildman–Crippen LogP) is 1.34. The monoisotopic (exact) mass is 439 g/mol. The molecule has 4 N–H and O–H groups in total. The fraction of sp³-hybridized carbons (Fsp3) is 0.870. The van der Waals surface area contributed by atoms with Crippen LogP contribution < -0.4 is 16.4 Å². The smallest absolute Gasteiger partial charge is 0.246 e. The van der Waals surface area contributed by atoms with Gasteiger partial charge in [-0.3, -0.25) is 14.4 Å². The van der Waals surface area contributed by atoms with Crippen LogP contribution in [0.1, 0.15) is 67.7 Å². The van der Waals surface area contributed by atoms with Gasteiger partial charge in [0.2, 0.25) is 17.7 Å². The predicted molar refractivity (Wildman–Crippen MR) is 124 cm³/mol. The number of nitrogens with two attached hydrogens (primary N) is 1. The highest BCUT2D eigenvalue weighted by atomic mass is 16.2. The van der Waals surface area contributed by atoms with Crippen LogP contribution in [0, 0.1) is 10.8 Å². The second kappa shape index (κ2) is 11.3. The second-order valence-corrected chi connectivity index (χ2v) is 11.0. The van der Waals surface area contributed by atoms with Crippen LogP contribution in [-0.4, -0.2) is 78.9 Å². The Morgan fingerprint density at radius 3 is 2.26 bits per heavy atom. The van der Waals surface area contributed by atoms with Gasteiger partial charge in [0.15, 0.2) is 0 Å². The number of hydrogen-bond acceptors (Lipinski definition) is 5. The van der Waals surface area contributed by atoms with Gasteiger partial charge < -0.3 is 26.2 Å². The molecular formula is C23H45N5O3. The molecule has 180 valence electrons. The first-order chi connectivity index (χ1) is 14.2. The van der Waals surface area contributed by atoms with Crippen molar-refractivity contribution in [3.63, 3.8) is 0 Å². The Bertz CT molecular complexity index is 624. The average molecular weight is 440 g/mol. The molecule has 0 saturated carbocycles. The van der Waals surface area contributed by atoms with Gasteiger partial charge in [-0.25, -0.2) is 0 Å². The molecule has 0 aromatic heterocycles. The summed E-state index contributed by atoms with van der Waals surface area (Å²) in [6.07, 6.45) is 2.59. The maximum atomic E-state index is 13.5. The molecule has 0 aliphatic carbocycles. The molecule has 0 spiro atoms. The standard InChI is InChI=1S/C23H45N5O3/c1-16(25-8)20(30)26-19(23(5,6)7)21(31)28-12-9-10-17(28)15-27(18(29)14-24)13-11-22(2,3)4/h16-17,19,25H,9-15,24H2,1-8H3,(H,26,30)/t16-,17-,19+/m0/s1. The van der Waals surface area contributed by atoms with Crippen molar-refractivity contribution < 1.29 is 14.4 Å². The lowest BCUT2D eigenvalue weighted by molar-refractivity contribution is -0.142. The maximum absolute atomic E-state index is 13.5. The van der Waals surface area contributed by atoms with Crippen molar-refractivity contribution in [3.05, 3.63) is 0 Å². The number of likely N-dealkylation sites (N-methyl/N-ethyl adjacent to an activating group) is 1. The summed E-state index contributed by atoms with van der Waals surface area (Å²) in [7, 11) is 1.72. The van der Waals surface area contributed by atoms with E-state index in [1.54, 1.807) is 18.9 Å². The lowest BCUT2D eigenvalue weighted by atomic mass is 9.85. The zero-order valence-electron chi connectivity index (χ0n) is 20.9. The van der Waals surface area contributed by atoms with Gasteiger partial charge in [0.1, 0.15) is 6.04 Å². The van der Waals surface area contributed by atoms with Crippen LogP contribution in [0.4, 0.5) is 0 Å². The molecule has 0 aromatic rings. The van der Waals surface area contributed by atoms with Gasteiger partial charge in [-0.2, -0.15) is 0 Å². The summed E-state index contributed by atoms with van der Waals surface area (Å²) >= 11 is 0. The molecule has 1 heterocycles. The topological polar surface area (TPSA) is 108 Å². The Labute approximate surface area is 188 Å². The van der Waals surface area contributed by atoms with Gasteiger partial charge >= 0.3 is 0 Å². The van der Waals surface area contributed by atoms with Crippen LogP contribution in [-0.2, 0) is 14.4 Å². The molecule has 8 heteroatoms. The third-order valence-electron chi connectivity index (χ3n) is 5.98. The Kier molecular flexibility index (Phi) is 9.95. The Morgan fingerprint density at radius 2 is 1.77 bits per heavy atom. The molecule has 0 unspecified atom stereocenters. The molecule has 1 fully saturated rings. The number of hydrogen-bond donors (Lipinski definition) is 3. The minimum absolute atomic E-state index is 0.0343. The minimum atomic E-state index is -0.635. The first-order valence-corrected chi connectivity index (χ1v) is 11.5. The molecule has 1 rings (SSSR count). The quantitative estimate of drug-likeness (QED) is 0.502. The SMILES string of the molecule is CN[C@@H](C)C(=O)N[C@H](C(=O)N1CCC[C@H]1CN(CCC(C)(C)C)C(=O)CN)C(C)(C)C. The van der Waals surface area contributed by atoms with Crippen molar-refractivity contribution >= 4 is 17.7 Å². The fourth-order valence-electron chi connectivity index (χ4n) is 3.70. The van der Waals surface area contributed by atoms with Gasteiger partial charge in [-0.05, 0) is 44.1 Å². The number of rotatable bonds is 9. The molecule has 1 aliphatic heterocycles. The van der Waals surface area contributed by atoms with E-state index in [4.69, 9.17) is 5.73 Å². The van der Waals surface area contributed by atoms with E-state index >= 15 is 0 Å². The van der Waals surface area contributed by atoms with Gasteiger partial charge in [0.05, 0.1) is 12.6 Å². The van der Waals surface area contributed by atoms with Crippen LogP contribution in [0.3, 0.4) is 0 Å². The molecule has 3 atom stereocenters. The van der Waals surface area contributed by atoms with E-state index in [1.807, 2.05) is 25.7 Å². The van der Waals surface area contributed by atoms with Crippen LogP contribution in [0.2, 0.25) is 0 Å². The molecule has 0 aromatic carbocycles. The van der Waals surface area contributed by atoms with Crippen molar-refractivity contribution in [3.8, 4) is 0 Å². The molecular weight excluding hydrogens is 394 g/mol. The minimum Gasteiger partial charge on any atom is -0.342 e. The van der Waals surface area contributed by atoms with Crippen LogP contribution in [0.5, 0.6) is 0 Å². The first-order valence-electron chi connectivity index (χ1n) is 11.5. The summed E-state index contributed by atoms with van der Waals surface area (Å²) in [5.74, 6) is -0.369. The molecule has 31 heavy (non-hydrogen) atoms. The highest BCUT2D eigenvalue weighted by molar-refractivity contribution is 5.90. The molecule has 8 nitrogen and oxygen atoms in total. The molecule has 3 amide bonds. The third-order valence-corrected chi connectivity index (χ3v) is 5.98. The fourth-order valence-corrected chi connectivity index (χ4v) is 3.70. The van der Waals surface area contributed by atoms with E-state index < -0.39 is 11.5 Å². The van der Waals surface area contributed by atoms with Gasteiger partial charge in [-0.15, -0.1) is 0 Å². The number of carbonyl (C=O) groups is 3. The molecule has 0 radical (unpaired) electrons. The normalized spacial score (nSPS) is 19.1. The lowest BCUT2D eigenvalue weighted by Crippen LogP contribution is -2.59. The third kappa shape index (κ3) is 8.41. The van der Waals surface area contributed by atoms with Gasteiger partial charge in [0, 0.05) is 25.7 Å². The van der Waals surface area contributed by atoms with E-state index in [0.717, 1.165) is 19.3 Å². The lowest BCUT2D eigenvalue weighted by Gasteiger charge is -2.38. The average Bonchev–Trinajstić information content (AvgIpc) is 3.13. The van der Waals surface area contributed by atoms with Gasteiger partial charge in [0.25, 0.3) is 0 Å². The zero-order valence-corrected chi connectivity index (χ0v) is 20.9. The molecule has 1 saturated heterocycles. The summed E-state index contributed by atoms with van der Waals surface area (Å²) < 4.78 is 0. The van der Waals surface area contributed by atoms with E-state index in [-0.39, 0.29) is 41.8 Å². The summed E-state index contributed by atoms with van der Waals surface area (Å²) in [5.41, 5.74) is 5.32. The summed E-state index contributed by atoms with van der Waals surface area (Å²) in [4.78, 5) is 42.2. The first kappa shape index (κ1) is 27.4. The number of nitrogens with zero attached hydrogens (tertiary/aromatic N) is 2. The van der Waals surface area contributed by atoms with Crippen molar-refractivity contribution in [1.29, 1.82) is 0 Å². The molecule has 1 aliphatic rings. The number of nitrogens with one attached hydrogen (secondary N) is 2. The molecule has 0 bridgehead atoms. The van der Waals surface area contributed by atoms with Crippen molar-refractivity contribution in [2.24, 2.45) is 16.6 Å². The van der Waals surface area contributed by atoms with Gasteiger partial charge in [-0.1, -0.05) is 41.5 Å². The Morgan fingerprint density at radius 1 is 1.16 bits per heavy atom. The van der Waals surface area contributed by atoms with Crippen molar-refractivity contribution in [1.82, 2.24) is 20.4 Å². The number of likely N-dealkylation sites (tertiary alicyclic amines) is 1. The number of carbonyl (C=O) groups excluding carboxylic acids is 3. The summed E-state index contributed by atoms with van der Waals surface area (Å²) in [5, 5.41) is 5.86. The Balaban J connectivity index is 3.00. The van der Waals surface area contributed by atoms with Crippen LogP contribution >= 0.6 is 0 Å². The maximum Gasteiger partial charge on any atom is 0.246 e. The summed E-state index contributed by atoms with van der Waals surface area (Å²) in [6, 6.07) is -1.09. The summed E-state index contributed by atoms with van der Waals surface area (Å²) in [6.45, 7) is 15.8. The van der Waals surface area contributed by atoms with E-state index in [2.05, 4.69) is 31.4 Å².